The van der Waals surface area contributed by atoms with Crippen molar-refractivity contribution in [1.82, 2.24) is 5.32 Å². The molecule has 0 bridgehead atoms. The van der Waals surface area contributed by atoms with Crippen molar-refractivity contribution in [3.8, 4) is 11.8 Å². The molecule has 2 aromatic rings. The van der Waals surface area contributed by atoms with Crippen LogP contribution in [-0.4, -0.2) is 12.5 Å². The van der Waals surface area contributed by atoms with E-state index in [0.29, 0.717) is 18.7 Å². The molecule has 1 amide bonds. The Bertz CT molecular complexity index is 664. The van der Waals surface area contributed by atoms with Crippen molar-refractivity contribution in [2.24, 2.45) is 5.73 Å². The highest BCUT2D eigenvalue weighted by molar-refractivity contribution is 7.10. The van der Waals surface area contributed by atoms with Crippen LogP contribution in [0.15, 0.2) is 35.7 Å². The quantitative estimate of drug-likeness (QED) is 0.850. The number of nitrogens with two attached hydrogens (primary N) is 1. The fraction of sp³-hybridized carbons (Fsp3) is 0.188. The topological polar surface area (TPSA) is 55.1 Å². The minimum atomic E-state index is -0.0586. The molecule has 2 rings (SSSR count). The summed E-state index contributed by atoms with van der Waals surface area (Å²) in [6, 6.07) is 9.52. The van der Waals surface area contributed by atoms with Crippen LogP contribution < -0.4 is 11.1 Å². The van der Waals surface area contributed by atoms with Gasteiger partial charge in [-0.3, -0.25) is 4.79 Å². The lowest BCUT2D eigenvalue weighted by molar-refractivity contribution is 0.0951. The predicted molar refractivity (Wildman–Crippen MR) is 82.6 cm³/mol. The monoisotopic (exact) mass is 284 g/mol. The van der Waals surface area contributed by atoms with Gasteiger partial charge in [0, 0.05) is 21.4 Å². The lowest BCUT2D eigenvalue weighted by Crippen LogP contribution is -2.22. The zero-order valence-electron chi connectivity index (χ0n) is 11.3. The van der Waals surface area contributed by atoms with Crippen LogP contribution in [0.25, 0.3) is 0 Å². The van der Waals surface area contributed by atoms with E-state index in [4.69, 9.17) is 5.73 Å². The Morgan fingerprint density at radius 2 is 2.25 bits per heavy atom. The molecular weight excluding hydrogens is 268 g/mol. The SMILES string of the molecule is Cc1cccc(C(=O)NCc2cc(C#CCN)cs2)c1. The maximum absolute atomic E-state index is 12.0. The molecule has 102 valence electrons. The summed E-state index contributed by atoms with van der Waals surface area (Å²) in [4.78, 5) is 13.1. The molecule has 3 N–H and O–H groups in total. The van der Waals surface area contributed by atoms with Crippen molar-refractivity contribution in [3.63, 3.8) is 0 Å². The molecule has 0 fully saturated rings. The zero-order valence-corrected chi connectivity index (χ0v) is 12.1. The summed E-state index contributed by atoms with van der Waals surface area (Å²) < 4.78 is 0. The summed E-state index contributed by atoms with van der Waals surface area (Å²) in [7, 11) is 0. The highest BCUT2D eigenvalue weighted by Gasteiger charge is 2.06. The Morgan fingerprint density at radius 3 is 3.00 bits per heavy atom. The Labute approximate surface area is 122 Å². The minimum absolute atomic E-state index is 0.0586. The average Bonchev–Trinajstić information content (AvgIpc) is 2.90. The molecule has 0 aliphatic rings. The number of amides is 1. The van der Waals surface area contributed by atoms with E-state index in [9.17, 15) is 4.79 Å². The number of hydrogen-bond donors (Lipinski definition) is 2. The van der Waals surface area contributed by atoms with Crippen LogP contribution in [0.4, 0.5) is 0 Å². The van der Waals surface area contributed by atoms with E-state index >= 15 is 0 Å². The lowest BCUT2D eigenvalue weighted by Gasteiger charge is -2.04. The maximum Gasteiger partial charge on any atom is 0.251 e. The van der Waals surface area contributed by atoms with Crippen molar-refractivity contribution < 1.29 is 4.79 Å². The average molecular weight is 284 g/mol. The van der Waals surface area contributed by atoms with Crippen molar-refractivity contribution in [3.05, 3.63) is 57.3 Å². The van der Waals surface area contributed by atoms with Gasteiger partial charge in [0.2, 0.25) is 0 Å². The van der Waals surface area contributed by atoms with Gasteiger partial charge in [-0.2, -0.15) is 0 Å². The zero-order chi connectivity index (χ0) is 14.4. The van der Waals surface area contributed by atoms with E-state index in [1.54, 1.807) is 11.3 Å². The van der Waals surface area contributed by atoms with Crippen LogP contribution in [0.1, 0.15) is 26.4 Å². The van der Waals surface area contributed by atoms with Gasteiger partial charge in [0.05, 0.1) is 13.1 Å². The second-order valence-corrected chi connectivity index (χ2v) is 5.36. The van der Waals surface area contributed by atoms with Crippen molar-refractivity contribution in [2.75, 3.05) is 6.54 Å². The van der Waals surface area contributed by atoms with Crippen LogP contribution >= 0.6 is 11.3 Å². The summed E-state index contributed by atoms with van der Waals surface area (Å²) in [5.41, 5.74) is 8.04. The van der Waals surface area contributed by atoms with E-state index < -0.39 is 0 Å². The molecule has 0 radical (unpaired) electrons. The molecule has 0 spiro atoms. The number of benzene rings is 1. The van der Waals surface area contributed by atoms with E-state index in [2.05, 4.69) is 17.2 Å². The molecule has 20 heavy (non-hydrogen) atoms. The molecule has 1 heterocycles. The molecule has 0 atom stereocenters. The third-order valence-corrected chi connectivity index (χ3v) is 3.63. The summed E-state index contributed by atoms with van der Waals surface area (Å²) >= 11 is 1.58. The Balaban J connectivity index is 1.95. The van der Waals surface area contributed by atoms with Gasteiger partial charge < -0.3 is 11.1 Å². The van der Waals surface area contributed by atoms with Crippen LogP contribution in [0, 0.1) is 18.8 Å². The largest absolute Gasteiger partial charge is 0.347 e. The second kappa shape index (κ2) is 6.90. The molecule has 0 aliphatic heterocycles. The molecule has 3 nitrogen and oxygen atoms in total. The maximum atomic E-state index is 12.0. The number of rotatable bonds is 3. The smallest absolute Gasteiger partial charge is 0.251 e. The summed E-state index contributed by atoms with van der Waals surface area (Å²) in [6.45, 7) is 2.84. The fourth-order valence-electron chi connectivity index (χ4n) is 1.75. The van der Waals surface area contributed by atoms with Crippen LogP contribution in [-0.2, 0) is 6.54 Å². The van der Waals surface area contributed by atoms with Crippen molar-refractivity contribution in [1.29, 1.82) is 0 Å². The van der Waals surface area contributed by atoms with Crippen LogP contribution in [0.2, 0.25) is 0 Å². The molecule has 0 saturated heterocycles. The van der Waals surface area contributed by atoms with Crippen LogP contribution in [0.5, 0.6) is 0 Å². The van der Waals surface area contributed by atoms with Gasteiger partial charge in [0.15, 0.2) is 0 Å². The van der Waals surface area contributed by atoms with Gasteiger partial charge in [-0.1, -0.05) is 29.5 Å². The second-order valence-electron chi connectivity index (χ2n) is 4.36. The van der Waals surface area contributed by atoms with E-state index in [0.717, 1.165) is 16.0 Å². The summed E-state index contributed by atoms with van der Waals surface area (Å²) in [6.07, 6.45) is 0. The van der Waals surface area contributed by atoms with E-state index in [1.165, 1.54) is 0 Å². The Kier molecular flexibility index (Phi) is 4.94. The molecule has 0 aliphatic carbocycles. The summed E-state index contributed by atoms with van der Waals surface area (Å²) in [5.74, 6) is 5.73. The molecule has 1 aromatic heterocycles. The lowest BCUT2D eigenvalue weighted by atomic mass is 10.1. The van der Waals surface area contributed by atoms with E-state index in [1.807, 2.05) is 42.6 Å². The number of nitrogens with one attached hydrogen (secondary N) is 1. The Morgan fingerprint density at radius 1 is 1.40 bits per heavy atom. The third-order valence-electron chi connectivity index (χ3n) is 2.69. The van der Waals surface area contributed by atoms with Gasteiger partial charge in [0.1, 0.15) is 0 Å². The normalized spacial score (nSPS) is 9.70. The molecule has 0 saturated carbocycles. The fourth-order valence-corrected chi connectivity index (χ4v) is 2.50. The molecule has 4 heteroatoms. The van der Waals surface area contributed by atoms with Gasteiger partial charge >= 0.3 is 0 Å². The highest BCUT2D eigenvalue weighted by atomic mass is 32.1. The molecule has 1 aromatic carbocycles. The predicted octanol–water partition coefficient (Wildman–Crippen LogP) is 2.30. The van der Waals surface area contributed by atoms with Crippen molar-refractivity contribution >= 4 is 17.2 Å². The standard InChI is InChI=1S/C16H16N2OS/c1-12-4-2-6-14(8-12)16(19)18-10-15-9-13(11-20-15)5-3-7-17/h2,4,6,8-9,11H,7,10,17H2,1H3,(H,18,19). The number of aryl methyl sites for hydroxylation is 1. The first kappa shape index (κ1) is 14.3. The van der Waals surface area contributed by atoms with E-state index in [-0.39, 0.29) is 5.91 Å². The molecule has 0 unspecified atom stereocenters. The first-order chi connectivity index (χ1) is 9.69. The first-order valence-corrected chi connectivity index (χ1v) is 7.18. The third kappa shape index (κ3) is 3.95. The number of hydrogen-bond acceptors (Lipinski definition) is 3. The first-order valence-electron chi connectivity index (χ1n) is 6.30. The van der Waals surface area contributed by atoms with Crippen LogP contribution in [0.3, 0.4) is 0 Å². The Hall–Kier alpha value is -2.09. The van der Waals surface area contributed by atoms with Gasteiger partial charge in [-0.15, -0.1) is 11.3 Å². The number of thiophene rings is 1. The molecular formula is C16H16N2OS. The number of carbonyl (C=O) groups is 1. The highest BCUT2D eigenvalue weighted by Crippen LogP contribution is 2.14. The van der Waals surface area contributed by atoms with Gasteiger partial charge in [-0.25, -0.2) is 0 Å². The number of carbonyl (C=O) groups excluding carboxylic acids is 1. The van der Waals surface area contributed by atoms with Gasteiger partial charge in [-0.05, 0) is 25.1 Å². The van der Waals surface area contributed by atoms with Gasteiger partial charge in [0.25, 0.3) is 5.91 Å². The minimum Gasteiger partial charge on any atom is -0.347 e. The summed E-state index contributed by atoms with van der Waals surface area (Å²) in [5, 5.41) is 4.88. The van der Waals surface area contributed by atoms with Crippen molar-refractivity contribution in [2.45, 2.75) is 13.5 Å².